The zero-order chi connectivity index (χ0) is 33.6. The molecule has 2 aromatic heterocycles. The normalized spacial score (nSPS) is 10.8. The minimum absolute atomic E-state index is 0. The summed E-state index contributed by atoms with van der Waals surface area (Å²) in [6.07, 6.45) is 0. The molecule has 0 atom stereocenters. The summed E-state index contributed by atoms with van der Waals surface area (Å²) in [5.74, 6) is 0. The van der Waals surface area contributed by atoms with Gasteiger partial charge in [0, 0.05) is 0 Å². The maximum absolute atomic E-state index is 2.34. The van der Waals surface area contributed by atoms with Crippen molar-refractivity contribution in [1.82, 2.24) is 0 Å². The van der Waals surface area contributed by atoms with E-state index in [2.05, 4.69) is 184 Å². The van der Waals surface area contributed by atoms with Crippen LogP contribution >= 0.6 is 22.7 Å². The molecular formula is C48H34Cl2S2Zr. The number of halogens is 2. The summed E-state index contributed by atoms with van der Waals surface area (Å²) in [5, 5.41) is 10.4. The molecule has 0 fully saturated rings. The van der Waals surface area contributed by atoms with E-state index >= 15 is 0 Å². The summed E-state index contributed by atoms with van der Waals surface area (Å²) in [4.78, 5) is 5.40. The first kappa shape index (κ1) is 38.6. The second-order valence-electron chi connectivity index (χ2n) is 13.0. The summed E-state index contributed by atoms with van der Waals surface area (Å²) >= 11 is 3.72. The van der Waals surface area contributed by atoms with E-state index in [0.717, 1.165) is 0 Å². The van der Waals surface area contributed by atoms with E-state index in [1.165, 1.54) is 96.0 Å². The van der Waals surface area contributed by atoms with Crippen molar-refractivity contribution in [3.05, 3.63) is 180 Å². The van der Waals surface area contributed by atoms with Gasteiger partial charge < -0.3 is 24.8 Å². The van der Waals surface area contributed by atoms with Gasteiger partial charge in [-0.05, 0) is 78.2 Å². The third-order valence-electron chi connectivity index (χ3n) is 9.67. The summed E-state index contributed by atoms with van der Waals surface area (Å²) in [7, 11) is 0. The van der Waals surface area contributed by atoms with Gasteiger partial charge in [-0.25, -0.2) is 0 Å². The molecule has 256 valence electrons. The molecule has 2 heterocycles. The zero-order valence-corrected chi connectivity index (χ0v) is 34.8. The van der Waals surface area contributed by atoms with Crippen LogP contribution in [0, 0.1) is 13.8 Å². The van der Waals surface area contributed by atoms with Crippen LogP contribution in [0.1, 0.15) is 9.75 Å². The smallest absolute Gasteiger partial charge is 1.00 e. The predicted molar refractivity (Wildman–Crippen MR) is 221 cm³/mol. The molecular weight excluding hydrogens is 803 g/mol. The molecule has 8 aromatic carbocycles. The Morgan fingerprint density at radius 2 is 0.811 bits per heavy atom. The summed E-state index contributed by atoms with van der Waals surface area (Å²) in [5.41, 5.74) is 7.82. The maximum Gasteiger partial charge on any atom is 4.00 e. The van der Waals surface area contributed by atoms with Gasteiger partial charge in [0.1, 0.15) is 0 Å². The van der Waals surface area contributed by atoms with Crippen molar-refractivity contribution < 1.29 is 51.0 Å². The standard InChI is InChI=1S/2C24H17S.2ClH.Zr/c2*1-16-9-12-24(25-16)21-14-19-7-4-8-22(23(19)15-21)20-11-10-17-5-2-3-6-18(17)13-20;;;/h2*2-15H,1H3;2*1H;/q2*-1;;;+4/p-2. The molecule has 0 saturated heterocycles. The van der Waals surface area contributed by atoms with Crippen molar-refractivity contribution in [1.29, 1.82) is 0 Å². The van der Waals surface area contributed by atoms with Crippen LogP contribution in [0.3, 0.4) is 0 Å². The van der Waals surface area contributed by atoms with E-state index in [0.29, 0.717) is 0 Å². The average molecular weight is 837 g/mol. The minimum atomic E-state index is 0. The van der Waals surface area contributed by atoms with Gasteiger partial charge in [-0.3, -0.25) is 0 Å². The Balaban J connectivity index is 0.000000172. The molecule has 0 unspecified atom stereocenters. The average Bonchev–Trinajstić information content (AvgIpc) is 3.97. The van der Waals surface area contributed by atoms with Crippen molar-refractivity contribution in [2.75, 3.05) is 0 Å². The number of benzene rings is 6. The van der Waals surface area contributed by atoms with Gasteiger partial charge in [-0.15, -0.1) is 69.1 Å². The third kappa shape index (κ3) is 7.79. The van der Waals surface area contributed by atoms with Crippen LogP contribution in [0.15, 0.2) is 170 Å². The Kier molecular flexibility index (Phi) is 12.0. The topological polar surface area (TPSA) is 0 Å². The van der Waals surface area contributed by atoms with E-state index in [9.17, 15) is 0 Å². The molecule has 0 spiro atoms. The first-order chi connectivity index (χ1) is 24.6. The number of hydrogen-bond donors (Lipinski definition) is 0. The van der Waals surface area contributed by atoms with Crippen molar-refractivity contribution in [3.63, 3.8) is 0 Å². The summed E-state index contributed by atoms with van der Waals surface area (Å²) < 4.78 is 0. The van der Waals surface area contributed by atoms with Gasteiger partial charge in [-0.2, -0.15) is 22.7 Å². The number of hydrogen-bond acceptors (Lipinski definition) is 2. The number of aryl methyl sites for hydroxylation is 2. The molecule has 0 N–H and O–H groups in total. The monoisotopic (exact) mass is 834 g/mol. The molecule has 0 amide bonds. The first-order valence-corrected chi connectivity index (χ1v) is 18.7. The first-order valence-electron chi connectivity index (χ1n) is 17.1. The van der Waals surface area contributed by atoms with Crippen LogP contribution in [0.25, 0.3) is 86.2 Å². The molecule has 5 heteroatoms. The van der Waals surface area contributed by atoms with Crippen molar-refractivity contribution in [2.24, 2.45) is 0 Å². The van der Waals surface area contributed by atoms with Gasteiger partial charge in [0.05, 0.1) is 0 Å². The second-order valence-corrected chi connectivity index (χ2v) is 15.6. The summed E-state index contributed by atoms with van der Waals surface area (Å²) in [6.45, 7) is 4.33. The minimum Gasteiger partial charge on any atom is -1.00 e. The van der Waals surface area contributed by atoms with E-state index < -0.39 is 0 Å². The van der Waals surface area contributed by atoms with Crippen LogP contribution < -0.4 is 24.8 Å². The maximum atomic E-state index is 2.34. The zero-order valence-electron chi connectivity index (χ0n) is 29.2. The molecule has 0 aliphatic heterocycles. The Labute approximate surface area is 350 Å². The van der Waals surface area contributed by atoms with Gasteiger partial charge in [0.25, 0.3) is 0 Å². The van der Waals surface area contributed by atoms with Crippen LogP contribution in [-0.2, 0) is 26.2 Å². The Morgan fingerprint density at radius 1 is 0.396 bits per heavy atom. The molecule has 0 saturated carbocycles. The van der Waals surface area contributed by atoms with Crippen LogP contribution in [-0.4, -0.2) is 0 Å². The van der Waals surface area contributed by atoms with E-state index in [1.807, 2.05) is 22.7 Å². The van der Waals surface area contributed by atoms with Gasteiger partial charge in [-0.1, -0.05) is 132 Å². The third-order valence-corrected chi connectivity index (χ3v) is 11.8. The molecule has 0 radical (unpaired) electrons. The fourth-order valence-electron chi connectivity index (χ4n) is 7.15. The molecule has 53 heavy (non-hydrogen) atoms. The van der Waals surface area contributed by atoms with Crippen LogP contribution in [0.5, 0.6) is 0 Å². The van der Waals surface area contributed by atoms with Gasteiger partial charge in [0.2, 0.25) is 0 Å². The largest absolute Gasteiger partial charge is 4.00 e. The van der Waals surface area contributed by atoms with Crippen molar-refractivity contribution in [3.8, 4) is 43.1 Å². The Hall–Kier alpha value is -4.08. The van der Waals surface area contributed by atoms with Crippen molar-refractivity contribution >= 4 is 65.8 Å². The summed E-state index contributed by atoms with van der Waals surface area (Å²) in [6, 6.07) is 62.0. The van der Waals surface area contributed by atoms with Gasteiger partial charge >= 0.3 is 26.2 Å². The molecule has 0 bridgehead atoms. The second kappa shape index (κ2) is 16.5. The molecule has 0 nitrogen and oxygen atoms in total. The molecule has 0 aliphatic rings. The van der Waals surface area contributed by atoms with Gasteiger partial charge in [0.15, 0.2) is 0 Å². The Bertz CT molecular complexity index is 2620. The molecule has 10 rings (SSSR count). The Morgan fingerprint density at radius 3 is 1.21 bits per heavy atom. The van der Waals surface area contributed by atoms with Crippen LogP contribution in [0.4, 0.5) is 0 Å². The predicted octanol–water partition coefficient (Wildman–Crippen LogP) is 8.84. The number of thiophene rings is 2. The van der Waals surface area contributed by atoms with E-state index in [1.54, 1.807) is 0 Å². The fraction of sp³-hybridized carbons (Fsp3) is 0.0417. The van der Waals surface area contributed by atoms with E-state index in [-0.39, 0.29) is 51.0 Å². The van der Waals surface area contributed by atoms with Crippen LogP contribution in [0.2, 0.25) is 0 Å². The van der Waals surface area contributed by atoms with E-state index in [4.69, 9.17) is 0 Å². The SMILES string of the molecule is Cc1ccc(-c2cc3c(-c4ccc5ccccc5c4)cccc3[cH-]2)s1.Cc1ccc(-c2cc3c(-c4ccc5ccccc5c4)cccc3[cH-]2)s1.[Cl-].[Cl-].[Zr+4]. The number of fused-ring (bicyclic) bond motifs is 4. The fourth-order valence-corrected chi connectivity index (χ4v) is 8.86. The molecule has 0 aliphatic carbocycles. The number of rotatable bonds is 4. The van der Waals surface area contributed by atoms with Crippen molar-refractivity contribution in [2.45, 2.75) is 13.8 Å². The quantitative estimate of drug-likeness (QED) is 0.156. The molecule has 10 aromatic rings.